The van der Waals surface area contributed by atoms with Crippen molar-refractivity contribution in [1.82, 2.24) is 9.40 Å². The van der Waals surface area contributed by atoms with Gasteiger partial charge in [-0.3, -0.25) is 0 Å². The third-order valence-corrected chi connectivity index (χ3v) is 3.82. The van der Waals surface area contributed by atoms with Crippen LogP contribution < -0.4 is 9.64 Å². The third kappa shape index (κ3) is 4.50. The Hall–Kier alpha value is -1.65. The molecular weight excluding hydrogens is 373 g/mol. The van der Waals surface area contributed by atoms with Crippen molar-refractivity contribution in [3.63, 3.8) is 0 Å². The lowest BCUT2D eigenvalue weighted by molar-refractivity contribution is -0.284. The summed E-state index contributed by atoms with van der Waals surface area (Å²) in [6.07, 6.45) is -6.83. The minimum Gasteiger partial charge on any atom is -0.481 e. The third-order valence-electron chi connectivity index (χ3n) is 3.48. The average Bonchev–Trinajstić information content (AvgIpc) is 2.51. The smallest absolute Gasteiger partial charge is 0.418 e. The zero-order valence-electron chi connectivity index (χ0n) is 13.2. The summed E-state index contributed by atoms with van der Waals surface area (Å²) in [5.41, 5.74) is 0.582. The molecule has 0 amide bonds. The molecule has 1 aliphatic rings. The van der Waals surface area contributed by atoms with Crippen LogP contribution in [0.2, 0.25) is 0 Å². The second-order valence-electron chi connectivity index (χ2n) is 5.11. The Morgan fingerprint density at radius 2 is 2.00 bits per heavy atom. The Labute approximate surface area is 145 Å². The molecule has 11 heteroatoms. The van der Waals surface area contributed by atoms with Gasteiger partial charge < -0.3 is 14.4 Å². The SMILES string of the molecule is COc1ccc(N2C=CCN(Cl)C2C(OC(F)F)C(F)(F)F)c(C)n1. The second kappa shape index (κ2) is 7.71. The van der Waals surface area contributed by atoms with Gasteiger partial charge >= 0.3 is 12.8 Å². The van der Waals surface area contributed by atoms with Gasteiger partial charge in [-0.2, -0.15) is 26.4 Å². The number of alkyl halides is 5. The lowest BCUT2D eigenvalue weighted by atomic mass is 10.1. The lowest BCUT2D eigenvalue weighted by Crippen LogP contribution is -2.58. The van der Waals surface area contributed by atoms with Crippen LogP contribution in [0.15, 0.2) is 24.4 Å². The van der Waals surface area contributed by atoms with E-state index in [0.29, 0.717) is 5.69 Å². The van der Waals surface area contributed by atoms with Crippen molar-refractivity contribution in [2.45, 2.75) is 32.0 Å². The molecule has 25 heavy (non-hydrogen) atoms. The molecule has 0 saturated carbocycles. The lowest BCUT2D eigenvalue weighted by Gasteiger charge is -2.42. The van der Waals surface area contributed by atoms with Crippen LogP contribution in [-0.4, -0.2) is 48.1 Å². The maximum Gasteiger partial charge on any atom is 0.418 e. The number of methoxy groups -OCH3 is 1. The maximum atomic E-state index is 13.3. The highest BCUT2D eigenvalue weighted by Crippen LogP contribution is 2.36. The molecule has 0 aliphatic carbocycles. The molecule has 5 nitrogen and oxygen atoms in total. The van der Waals surface area contributed by atoms with Crippen LogP contribution in [0.1, 0.15) is 5.69 Å². The molecule has 0 fully saturated rings. The first-order valence-corrected chi connectivity index (χ1v) is 7.38. The molecule has 1 aromatic rings. The van der Waals surface area contributed by atoms with Crippen LogP contribution in [0.4, 0.5) is 27.6 Å². The van der Waals surface area contributed by atoms with Crippen molar-refractivity contribution in [2.24, 2.45) is 0 Å². The molecule has 0 spiro atoms. The van der Waals surface area contributed by atoms with E-state index in [2.05, 4.69) is 9.72 Å². The molecule has 0 aromatic carbocycles. The Morgan fingerprint density at radius 1 is 1.32 bits per heavy atom. The number of pyridine rings is 1. The highest BCUT2D eigenvalue weighted by molar-refractivity contribution is 6.14. The van der Waals surface area contributed by atoms with Crippen LogP contribution in [0.25, 0.3) is 0 Å². The molecular formula is C14H15ClF5N3O2. The largest absolute Gasteiger partial charge is 0.481 e. The van der Waals surface area contributed by atoms with Crippen LogP contribution in [0, 0.1) is 6.92 Å². The average molecular weight is 388 g/mol. The Bertz CT molecular complexity index is 629. The van der Waals surface area contributed by atoms with Crippen LogP contribution in [0.3, 0.4) is 0 Å². The van der Waals surface area contributed by atoms with Gasteiger partial charge in [-0.1, -0.05) is 6.08 Å². The normalized spacial score (nSPS) is 20.2. The monoisotopic (exact) mass is 387 g/mol. The van der Waals surface area contributed by atoms with Gasteiger partial charge in [0, 0.05) is 18.8 Å². The van der Waals surface area contributed by atoms with E-state index in [-0.39, 0.29) is 18.1 Å². The quantitative estimate of drug-likeness (QED) is 0.569. The highest BCUT2D eigenvalue weighted by Gasteiger charge is 2.52. The van der Waals surface area contributed by atoms with Crippen LogP contribution >= 0.6 is 11.8 Å². The Morgan fingerprint density at radius 3 is 2.52 bits per heavy atom. The van der Waals surface area contributed by atoms with Crippen molar-refractivity contribution < 1.29 is 31.4 Å². The maximum absolute atomic E-state index is 13.3. The number of hydrogen-bond acceptors (Lipinski definition) is 5. The molecule has 1 aliphatic heterocycles. The zero-order chi connectivity index (χ0) is 18.8. The van der Waals surface area contributed by atoms with Gasteiger partial charge in [-0.05, 0) is 24.8 Å². The molecule has 0 bridgehead atoms. The van der Waals surface area contributed by atoms with E-state index in [0.717, 1.165) is 9.32 Å². The first kappa shape index (κ1) is 19.7. The predicted molar refractivity (Wildman–Crippen MR) is 80.4 cm³/mol. The predicted octanol–water partition coefficient (Wildman–Crippen LogP) is 3.68. The minimum atomic E-state index is -5.06. The van der Waals surface area contributed by atoms with Gasteiger partial charge in [0.2, 0.25) is 5.88 Å². The topological polar surface area (TPSA) is 37.8 Å². The second-order valence-corrected chi connectivity index (χ2v) is 5.54. The Balaban J connectivity index is 2.47. The van der Waals surface area contributed by atoms with Crippen molar-refractivity contribution in [2.75, 3.05) is 18.6 Å². The number of aryl methyl sites for hydroxylation is 1. The number of nitrogens with zero attached hydrogens (tertiary/aromatic N) is 3. The van der Waals surface area contributed by atoms with Crippen molar-refractivity contribution in [1.29, 1.82) is 0 Å². The fourth-order valence-corrected chi connectivity index (χ4v) is 2.73. The molecule has 1 aromatic heterocycles. The van der Waals surface area contributed by atoms with Crippen molar-refractivity contribution in [3.8, 4) is 5.88 Å². The molecule has 2 unspecified atom stereocenters. The van der Waals surface area contributed by atoms with E-state index in [1.165, 1.54) is 31.5 Å². The molecule has 0 saturated heterocycles. The number of aromatic nitrogens is 1. The van der Waals surface area contributed by atoms with Gasteiger partial charge in [0.15, 0.2) is 6.10 Å². The van der Waals surface area contributed by atoms with Crippen molar-refractivity contribution >= 4 is 17.5 Å². The highest BCUT2D eigenvalue weighted by atomic mass is 35.5. The van der Waals surface area contributed by atoms with E-state index in [9.17, 15) is 22.0 Å². The number of halogens is 6. The first-order valence-electron chi connectivity index (χ1n) is 7.04. The van der Waals surface area contributed by atoms with E-state index in [4.69, 9.17) is 16.5 Å². The minimum absolute atomic E-state index is 0.0788. The summed E-state index contributed by atoms with van der Waals surface area (Å²) < 4.78 is 74.6. The summed E-state index contributed by atoms with van der Waals surface area (Å²) in [7, 11) is 1.39. The van der Waals surface area contributed by atoms with Gasteiger partial charge in [0.25, 0.3) is 0 Å². The molecule has 0 radical (unpaired) electrons. The first-order chi connectivity index (χ1) is 11.6. The summed E-state index contributed by atoms with van der Waals surface area (Å²) in [5, 5.41) is 0. The summed E-state index contributed by atoms with van der Waals surface area (Å²) in [4.78, 5) is 5.18. The Kier molecular flexibility index (Phi) is 6.07. The standard InChI is InChI=1S/C14H15ClF5N3O2/c1-8-9(4-5-10(21-8)24-2)22-6-3-7-23(15)12(22)11(14(18,19)20)25-13(16)17/h3-6,11-13H,7H2,1-2H3. The summed E-state index contributed by atoms with van der Waals surface area (Å²) >= 11 is 5.89. The van der Waals surface area contributed by atoms with Gasteiger partial charge in [-0.15, -0.1) is 0 Å². The zero-order valence-corrected chi connectivity index (χ0v) is 13.9. The van der Waals surface area contributed by atoms with E-state index < -0.39 is 25.1 Å². The van der Waals surface area contributed by atoms with Gasteiger partial charge in [-0.25, -0.2) is 4.98 Å². The molecule has 140 valence electrons. The van der Waals surface area contributed by atoms with Crippen LogP contribution in [0.5, 0.6) is 5.88 Å². The van der Waals surface area contributed by atoms with Crippen molar-refractivity contribution in [3.05, 3.63) is 30.1 Å². The fourth-order valence-electron chi connectivity index (χ4n) is 2.45. The fraction of sp³-hybridized carbons (Fsp3) is 0.500. The summed E-state index contributed by atoms with van der Waals surface area (Å²) in [6.45, 7) is -2.14. The number of rotatable bonds is 5. The molecule has 0 N–H and O–H groups in total. The summed E-state index contributed by atoms with van der Waals surface area (Å²) in [6, 6.07) is 2.90. The molecule has 2 heterocycles. The van der Waals surface area contributed by atoms with E-state index >= 15 is 0 Å². The summed E-state index contributed by atoms with van der Waals surface area (Å²) in [5.74, 6) is 0.262. The number of hydrogen-bond donors (Lipinski definition) is 0. The van der Waals surface area contributed by atoms with E-state index in [1.807, 2.05) is 0 Å². The molecule has 2 atom stereocenters. The van der Waals surface area contributed by atoms with Gasteiger partial charge in [0.1, 0.15) is 6.17 Å². The number of ether oxygens (including phenoxy) is 2. The van der Waals surface area contributed by atoms with E-state index in [1.54, 1.807) is 6.92 Å². The van der Waals surface area contributed by atoms with Crippen LogP contribution in [-0.2, 0) is 4.74 Å². The van der Waals surface area contributed by atoms with Gasteiger partial charge in [0.05, 0.1) is 18.5 Å². The molecule has 2 rings (SSSR count). The number of anilines is 1.